The molecule has 2 rings (SSSR count). The van der Waals surface area contributed by atoms with Crippen molar-refractivity contribution in [3.05, 3.63) is 0 Å². The molecule has 1 N–H and O–H groups in total. The zero-order valence-corrected chi connectivity index (χ0v) is 13.2. The molecule has 2 heterocycles. The second kappa shape index (κ2) is 6.10. The van der Waals surface area contributed by atoms with Crippen LogP contribution in [0.1, 0.15) is 46.0 Å². The summed E-state index contributed by atoms with van der Waals surface area (Å²) in [5.74, 6) is 0.297. The predicted molar refractivity (Wildman–Crippen MR) is 79.1 cm³/mol. The second-order valence-electron chi connectivity index (χ2n) is 6.35. The van der Waals surface area contributed by atoms with Gasteiger partial charge in [0, 0.05) is 30.4 Å². The molecule has 4 nitrogen and oxygen atoms in total. The normalized spacial score (nSPS) is 34.2. The summed E-state index contributed by atoms with van der Waals surface area (Å²) in [5.41, 5.74) is 0. The molecule has 2 fully saturated rings. The lowest BCUT2D eigenvalue weighted by Crippen LogP contribution is -2.60. The molecule has 112 valence electrons. The molecule has 2 aliphatic rings. The maximum Gasteiger partial charge on any atom is 0.148 e. The summed E-state index contributed by atoms with van der Waals surface area (Å²) < 4.78 is 23.1. The third-order valence-corrected chi connectivity index (χ3v) is 5.66. The van der Waals surface area contributed by atoms with E-state index in [0.29, 0.717) is 23.9 Å². The van der Waals surface area contributed by atoms with Gasteiger partial charge < -0.3 is 5.32 Å². The van der Waals surface area contributed by atoms with Crippen LogP contribution in [0.5, 0.6) is 0 Å². The third kappa shape index (κ3) is 3.92. The van der Waals surface area contributed by atoms with Crippen molar-refractivity contribution in [1.29, 1.82) is 0 Å². The van der Waals surface area contributed by atoms with Crippen molar-refractivity contribution in [2.24, 2.45) is 0 Å². The Morgan fingerprint density at radius 2 is 1.84 bits per heavy atom. The average molecular weight is 288 g/mol. The van der Waals surface area contributed by atoms with Crippen LogP contribution < -0.4 is 5.32 Å². The fourth-order valence-electron chi connectivity index (χ4n) is 4.12. The van der Waals surface area contributed by atoms with Crippen molar-refractivity contribution in [3.8, 4) is 0 Å². The molecule has 0 aromatic heterocycles. The number of rotatable bonds is 5. The lowest BCUT2D eigenvalue weighted by atomic mass is 9.81. The minimum absolute atomic E-state index is 0.160. The van der Waals surface area contributed by atoms with Gasteiger partial charge >= 0.3 is 0 Å². The molecule has 0 saturated carbocycles. The highest BCUT2D eigenvalue weighted by Crippen LogP contribution is 2.35. The highest BCUT2D eigenvalue weighted by molar-refractivity contribution is 7.90. The lowest BCUT2D eigenvalue weighted by molar-refractivity contribution is 0.00149. The van der Waals surface area contributed by atoms with Crippen LogP contribution in [0.25, 0.3) is 0 Å². The van der Waals surface area contributed by atoms with Crippen LogP contribution in [0.2, 0.25) is 0 Å². The van der Waals surface area contributed by atoms with E-state index in [0.717, 1.165) is 6.54 Å². The van der Waals surface area contributed by atoms with Crippen LogP contribution in [0.4, 0.5) is 0 Å². The fourth-order valence-corrected chi connectivity index (χ4v) is 5.17. The van der Waals surface area contributed by atoms with Gasteiger partial charge in [-0.1, -0.05) is 13.3 Å². The zero-order valence-electron chi connectivity index (χ0n) is 12.4. The molecular formula is C14H28N2O2S. The van der Waals surface area contributed by atoms with E-state index in [1.165, 1.54) is 38.4 Å². The van der Waals surface area contributed by atoms with Gasteiger partial charge in [0.1, 0.15) is 9.84 Å². The van der Waals surface area contributed by atoms with Crippen molar-refractivity contribution in [1.82, 2.24) is 10.2 Å². The molecule has 3 atom stereocenters. The molecule has 19 heavy (non-hydrogen) atoms. The third-order valence-electron chi connectivity index (χ3n) is 4.58. The monoisotopic (exact) mass is 288 g/mol. The van der Waals surface area contributed by atoms with Gasteiger partial charge in [0.2, 0.25) is 0 Å². The van der Waals surface area contributed by atoms with Gasteiger partial charge in [0.15, 0.2) is 0 Å². The molecule has 0 radical (unpaired) electrons. The minimum Gasteiger partial charge on any atom is -0.314 e. The molecular weight excluding hydrogens is 260 g/mol. The van der Waals surface area contributed by atoms with Crippen molar-refractivity contribution in [2.75, 3.05) is 18.6 Å². The fraction of sp³-hybridized carbons (Fsp3) is 1.00. The van der Waals surface area contributed by atoms with E-state index in [4.69, 9.17) is 0 Å². The van der Waals surface area contributed by atoms with E-state index in [1.807, 2.05) is 0 Å². The molecule has 2 bridgehead atoms. The Balaban J connectivity index is 2.05. The number of hydrogen-bond donors (Lipinski definition) is 1. The Morgan fingerprint density at radius 3 is 2.32 bits per heavy atom. The number of sulfone groups is 1. The first kappa shape index (κ1) is 15.3. The quantitative estimate of drug-likeness (QED) is 0.831. The van der Waals surface area contributed by atoms with E-state index in [9.17, 15) is 8.42 Å². The molecule has 0 spiro atoms. The summed E-state index contributed by atoms with van der Waals surface area (Å²) in [6.07, 6.45) is 7.47. The van der Waals surface area contributed by atoms with E-state index < -0.39 is 9.84 Å². The Kier molecular flexibility index (Phi) is 4.90. The summed E-state index contributed by atoms with van der Waals surface area (Å²) in [4.78, 5) is 2.51. The molecule has 0 aliphatic carbocycles. The van der Waals surface area contributed by atoms with Gasteiger partial charge in [-0.2, -0.15) is 0 Å². The van der Waals surface area contributed by atoms with E-state index in [2.05, 4.69) is 24.1 Å². The molecule has 0 amide bonds. The number of fused-ring (bicyclic) bond motifs is 2. The van der Waals surface area contributed by atoms with Gasteiger partial charge in [-0.3, -0.25) is 4.90 Å². The highest BCUT2D eigenvalue weighted by atomic mass is 32.2. The SMILES string of the molecule is CCNC1CC2CCCC(C1)N2C(C)CS(C)(=O)=O. The Hall–Kier alpha value is -0.130. The van der Waals surface area contributed by atoms with Crippen molar-refractivity contribution in [3.63, 3.8) is 0 Å². The van der Waals surface area contributed by atoms with E-state index in [-0.39, 0.29) is 6.04 Å². The van der Waals surface area contributed by atoms with Crippen LogP contribution in [0.15, 0.2) is 0 Å². The zero-order chi connectivity index (χ0) is 14.0. The van der Waals surface area contributed by atoms with Gasteiger partial charge in [0.05, 0.1) is 5.75 Å². The van der Waals surface area contributed by atoms with Gasteiger partial charge in [0.25, 0.3) is 0 Å². The van der Waals surface area contributed by atoms with Crippen LogP contribution in [0.3, 0.4) is 0 Å². The topological polar surface area (TPSA) is 49.4 Å². The number of nitrogens with one attached hydrogen (secondary N) is 1. The highest BCUT2D eigenvalue weighted by Gasteiger charge is 2.40. The van der Waals surface area contributed by atoms with Gasteiger partial charge in [-0.25, -0.2) is 8.42 Å². The Labute approximate surface area is 117 Å². The van der Waals surface area contributed by atoms with Crippen LogP contribution in [-0.4, -0.2) is 56.0 Å². The summed E-state index contributed by atoms with van der Waals surface area (Å²) in [7, 11) is -2.88. The first-order chi connectivity index (χ1) is 8.90. The molecule has 2 saturated heterocycles. The summed E-state index contributed by atoms with van der Waals surface area (Å²) in [6.45, 7) is 5.28. The first-order valence-corrected chi connectivity index (χ1v) is 9.65. The number of nitrogens with zero attached hydrogens (tertiary/aromatic N) is 1. The average Bonchev–Trinajstić information content (AvgIpc) is 2.25. The molecule has 0 aromatic rings. The van der Waals surface area contributed by atoms with Crippen LogP contribution >= 0.6 is 0 Å². The molecule has 3 unspecified atom stereocenters. The Morgan fingerprint density at radius 1 is 1.26 bits per heavy atom. The molecule has 0 aromatic carbocycles. The smallest absolute Gasteiger partial charge is 0.148 e. The van der Waals surface area contributed by atoms with Crippen molar-refractivity contribution < 1.29 is 8.42 Å². The maximum atomic E-state index is 11.5. The van der Waals surface area contributed by atoms with Crippen LogP contribution in [-0.2, 0) is 9.84 Å². The van der Waals surface area contributed by atoms with Gasteiger partial charge in [-0.05, 0) is 39.2 Å². The Bertz CT molecular complexity index is 382. The molecule has 2 aliphatic heterocycles. The first-order valence-electron chi connectivity index (χ1n) is 7.59. The molecule has 5 heteroatoms. The van der Waals surface area contributed by atoms with Crippen molar-refractivity contribution in [2.45, 2.75) is 70.1 Å². The summed E-state index contributed by atoms with van der Waals surface area (Å²) >= 11 is 0. The standard InChI is InChI=1S/C14H28N2O2S/c1-4-15-12-8-13-6-5-7-14(9-12)16(13)11(2)10-19(3,17)18/h11-15H,4-10H2,1-3H3. The van der Waals surface area contributed by atoms with E-state index >= 15 is 0 Å². The van der Waals surface area contributed by atoms with Crippen molar-refractivity contribution >= 4 is 9.84 Å². The number of piperidine rings is 2. The summed E-state index contributed by atoms with van der Waals surface area (Å²) in [5, 5.41) is 3.58. The largest absolute Gasteiger partial charge is 0.314 e. The summed E-state index contributed by atoms with van der Waals surface area (Å²) in [6, 6.07) is 1.94. The van der Waals surface area contributed by atoms with Gasteiger partial charge in [-0.15, -0.1) is 0 Å². The lowest BCUT2D eigenvalue weighted by Gasteiger charge is -2.51. The predicted octanol–water partition coefficient (Wildman–Crippen LogP) is 1.41. The van der Waals surface area contributed by atoms with Crippen LogP contribution in [0, 0.1) is 0 Å². The minimum atomic E-state index is -2.88. The van der Waals surface area contributed by atoms with E-state index in [1.54, 1.807) is 0 Å². The second-order valence-corrected chi connectivity index (χ2v) is 8.54. The number of hydrogen-bond acceptors (Lipinski definition) is 4. The maximum absolute atomic E-state index is 11.5.